The summed E-state index contributed by atoms with van der Waals surface area (Å²) in [5.74, 6) is -2.71. The Balaban J connectivity index is 0.00000121. The maximum absolute atomic E-state index is 13.1. The van der Waals surface area contributed by atoms with Gasteiger partial charge in [-0.15, -0.1) is 0 Å². The minimum absolute atomic E-state index is 0.682. The van der Waals surface area contributed by atoms with Crippen LogP contribution in [0.4, 0.5) is 27.6 Å². The van der Waals surface area contributed by atoms with E-state index in [9.17, 15) is 22.0 Å². The van der Waals surface area contributed by atoms with E-state index in [2.05, 4.69) is 0 Å². The van der Waals surface area contributed by atoms with E-state index in [1.54, 1.807) is 0 Å². The van der Waals surface area contributed by atoms with E-state index in [0.29, 0.717) is 0 Å². The van der Waals surface area contributed by atoms with Crippen molar-refractivity contribution >= 4 is 5.69 Å². The Morgan fingerprint density at radius 2 is 1.18 bits per heavy atom. The number of nitrogens with two attached hydrogens (primary N) is 1. The molecule has 0 radical (unpaired) electrons. The number of alkyl halides is 3. The Bertz CT molecular complexity index is 380. The lowest BCUT2D eigenvalue weighted by molar-refractivity contribution is -0.138. The quantitative estimate of drug-likeness (QED) is 0.545. The molecule has 1 nitrogen and oxygen atoms in total. The average Bonchev–Trinajstić information content (AvgIpc) is 2.25. The molecule has 0 saturated carbocycles. The van der Waals surface area contributed by atoms with Crippen molar-refractivity contribution in [3.8, 4) is 0 Å². The molecule has 98 valence electrons. The Morgan fingerprint density at radius 1 is 0.882 bits per heavy atom. The molecule has 17 heavy (non-hydrogen) atoms. The van der Waals surface area contributed by atoms with Gasteiger partial charge < -0.3 is 5.73 Å². The van der Waals surface area contributed by atoms with Crippen molar-refractivity contribution in [1.82, 2.24) is 0 Å². The molecule has 1 aromatic rings. The molecule has 0 atom stereocenters. The molecular formula is C11H14F5N. The van der Waals surface area contributed by atoms with Crippen LogP contribution in [0.3, 0.4) is 0 Å². The van der Waals surface area contributed by atoms with Gasteiger partial charge >= 0.3 is 6.18 Å². The summed E-state index contributed by atoms with van der Waals surface area (Å²) in [7, 11) is 0. The Hall–Kier alpha value is -1.33. The number of benzene rings is 1. The molecule has 0 heterocycles. The predicted octanol–water partition coefficient (Wildman–Crippen LogP) is 4.21. The van der Waals surface area contributed by atoms with Crippen molar-refractivity contribution in [2.75, 3.05) is 5.73 Å². The molecule has 2 N–H and O–H groups in total. The molecule has 0 bridgehead atoms. The van der Waals surface area contributed by atoms with Crippen molar-refractivity contribution in [3.63, 3.8) is 0 Å². The third-order valence-corrected chi connectivity index (χ3v) is 2.16. The number of halogens is 5. The molecule has 6 heteroatoms. The first-order chi connectivity index (χ1) is 7.68. The van der Waals surface area contributed by atoms with Crippen LogP contribution in [0.1, 0.15) is 30.5 Å². The van der Waals surface area contributed by atoms with E-state index in [1.165, 1.54) is 0 Å². The summed E-state index contributed by atoms with van der Waals surface area (Å²) in [6.07, 6.45) is -4.79. The van der Waals surface area contributed by atoms with Crippen molar-refractivity contribution in [1.29, 1.82) is 0 Å². The molecule has 0 amide bonds. The summed E-state index contributed by atoms with van der Waals surface area (Å²) in [4.78, 5) is 0. The standard InChI is InChI=1S/C9H8F5N.C2H6/c1-3-5(9(12,13)14)4(2)7(11)8(15)6(3)10;1-2/h15H2,1-2H3;1-2H3. The highest BCUT2D eigenvalue weighted by Gasteiger charge is 2.37. The van der Waals surface area contributed by atoms with Gasteiger partial charge in [0.2, 0.25) is 0 Å². The van der Waals surface area contributed by atoms with Gasteiger partial charge in [0.1, 0.15) is 5.69 Å². The van der Waals surface area contributed by atoms with E-state index >= 15 is 0 Å². The zero-order valence-electron chi connectivity index (χ0n) is 9.97. The average molecular weight is 255 g/mol. The summed E-state index contributed by atoms with van der Waals surface area (Å²) in [5, 5.41) is 0. The molecule has 0 aliphatic heterocycles. The summed E-state index contributed by atoms with van der Waals surface area (Å²) >= 11 is 0. The van der Waals surface area contributed by atoms with Crippen LogP contribution in [-0.2, 0) is 6.18 Å². The van der Waals surface area contributed by atoms with Crippen LogP contribution in [0.2, 0.25) is 0 Å². The number of nitrogen functional groups attached to an aromatic ring is 1. The van der Waals surface area contributed by atoms with E-state index in [0.717, 1.165) is 13.8 Å². The van der Waals surface area contributed by atoms with Gasteiger partial charge in [0.15, 0.2) is 11.6 Å². The van der Waals surface area contributed by atoms with Crippen LogP contribution in [0.15, 0.2) is 0 Å². The summed E-state index contributed by atoms with van der Waals surface area (Å²) in [6.45, 7) is 5.84. The van der Waals surface area contributed by atoms with Crippen molar-refractivity contribution < 1.29 is 22.0 Å². The maximum Gasteiger partial charge on any atom is 0.417 e. The molecule has 0 unspecified atom stereocenters. The normalized spacial score (nSPS) is 10.9. The number of hydrogen-bond acceptors (Lipinski definition) is 1. The fraction of sp³-hybridized carbons (Fsp3) is 0.455. The van der Waals surface area contributed by atoms with Gasteiger partial charge in [-0.05, 0) is 25.0 Å². The van der Waals surface area contributed by atoms with Gasteiger partial charge in [0, 0.05) is 0 Å². The van der Waals surface area contributed by atoms with Crippen molar-refractivity contribution in [2.24, 2.45) is 0 Å². The summed E-state index contributed by atoms with van der Waals surface area (Å²) in [5.41, 5.74) is 1.44. The molecule has 0 fully saturated rings. The second-order valence-corrected chi connectivity index (χ2v) is 3.16. The van der Waals surface area contributed by atoms with Gasteiger partial charge in [0.05, 0.1) is 5.56 Å². The van der Waals surface area contributed by atoms with Crippen molar-refractivity contribution in [3.05, 3.63) is 28.3 Å². The lowest BCUT2D eigenvalue weighted by Gasteiger charge is -2.16. The molecule has 1 aromatic carbocycles. The Kier molecular flexibility index (Phi) is 4.92. The molecule has 0 spiro atoms. The first kappa shape index (κ1) is 15.7. The van der Waals surface area contributed by atoms with Crippen molar-refractivity contribution in [2.45, 2.75) is 33.9 Å². The topological polar surface area (TPSA) is 26.0 Å². The Morgan fingerprint density at radius 3 is 1.41 bits per heavy atom. The minimum atomic E-state index is -4.79. The lowest BCUT2D eigenvalue weighted by atomic mass is 10.00. The zero-order valence-corrected chi connectivity index (χ0v) is 9.97. The fourth-order valence-corrected chi connectivity index (χ4v) is 1.43. The van der Waals surface area contributed by atoms with E-state index in [4.69, 9.17) is 5.73 Å². The molecule has 0 aliphatic rings. The van der Waals surface area contributed by atoms with Crippen LogP contribution in [0.25, 0.3) is 0 Å². The third-order valence-electron chi connectivity index (χ3n) is 2.16. The van der Waals surface area contributed by atoms with Gasteiger partial charge in [0.25, 0.3) is 0 Å². The van der Waals surface area contributed by atoms with Gasteiger partial charge in [-0.1, -0.05) is 13.8 Å². The minimum Gasteiger partial charge on any atom is -0.394 e. The third kappa shape index (κ3) is 2.87. The monoisotopic (exact) mass is 255 g/mol. The summed E-state index contributed by atoms with van der Waals surface area (Å²) in [6, 6.07) is 0. The second kappa shape index (κ2) is 5.33. The van der Waals surface area contributed by atoms with Gasteiger partial charge in [-0.25, -0.2) is 8.78 Å². The van der Waals surface area contributed by atoms with Crippen LogP contribution in [0.5, 0.6) is 0 Å². The van der Waals surface area contributed by atoms with E-state index < -0.39 is 40.2 Å². The fourth-order valence-electron chi connectivity index (χ4n) is 1.43. The van der Waals surface area contributed by atoms with E-state index in [-0.39, 0.29) is 0 Å². The Labute approximate surface area is 96.4 Å². The number of hydrogen-bond donors (Lipinski definition) is 1. The smallest absolute Gasteiger partial charge is 0.394 e. The SMILES string of the molecule is CC.Cc1c(F)c(N)c(F)c(C)c1C(F)(F)F. The highest BCUT2D eigenvalue weighted by molar-refractivity contribution is 5.53. The molecular weight excluding hydrogens is 241 g/mol. The summed E-state index contributed by atoms with van der Waals surface area (Å²) < 4.78 is 63.5. The largest absolute Gasteiger partial charge is 0.417 e. The van der Waals surface area contributed by atoms with Gasteiger partial charge in [-0.2, -0.15) is 13.2 Å². The van der Waals surface area contributed by atoms with Crippen LogP contribution in [-0.4, -0.2) is 0 Å². The molecule has 0 saturated heterocycles. The number of rotatable bonds is 0. The highest BCUT2D eigenvalue weighted by Crippen LogP contribution is 2.38. The van der Waals surface area contributed by atoms with Gasteiger partial charge in [-0.3, -0.25) is 0 Å². The van der Waals surface area contributed by atoms with Crippen LogP contribution < -0.4 is 5.73 Å². The number of anilines is 1. The highest BCUT2D eigenvalue weighted by atomic mass is 19.4. The first-order valence-electron chi connectivity index (χ1n) is 4.98. The molecule has 1 rings (SSSR count). The van der Waals surface area contributed by atoms with Crippen LogP contribution in [0, 0.1) is 25.5 Å². The first-order valence-corrected chi connectivity index (χ1v) is 4.98. The zero-order chi connectivity index (χ0) is 14.0. The van der Waals surface area contributed by atoms with Crippen LogP contribution >= 0.6 is 0 Å². The van der Waals surface area contributed by atoms with E-state index in [1.807, 2.05) is 13.8 Å². The molecule has 0 aromatic heterocycles. The maximum atomic E-state index is 13.1. The molecule has 0 aliphatic carbocycles. The lowest BCUT2D eigenvalue weighted by Crippen LogP contribution is -2.15. The second-order valence-electron chi connectivity index (χ2n) is 3.16. The predicted molar refractivity (Wildman–Crippen MR) is 56.6 cm³/mol.